The van der Waals surface area contributed by atoms with Crippen LogP contribution in [0.4, 0.5) is 5.69 Å². The number of hydrogen-bond acceptors (Lipinski definition) is 6. The summed E-state index contributed by atoms with van der Waals surface area (Å²) in [6.07, 6.45) is 1.04. The maximum absolute atomic E-state index is 12.6. The van der Waals surface area contributed by atoms with E-state index in [1.807, 2.05) is 24.3 Å². The number of hydrogen-bond donors (Lipinski definition) is 2. The summed E-state index contributed by atoms with van der Waals surface area (Å²) in [5.74, 6) is -0.474. The fraction of sp³-hybridized carbons (Fsp3) is 0.462. The molecule has 8 nitrogen and oxygen atoms in total. The van der Waals surface area contributed by atoms with Crippen LogP contribution in [-0.4, -0.2) is 82.1 Å². The zero-order valence-corrected chi connectivity index (χ0v) is 20.3. The summed E-state index contributed by atoms with van der Waals surface area (Å²) < 4.78 is 5.15. The van der Waals surface area contributed by atoms with Gasteiger partial charge in [0.15, 0.2) is 0 Å². The molecule has 0 spiro atoms. The first kappa shape index (κ1) is 24.0. The minimum atomic E-state index is -0.622. The number of benzene rings is 2. The molecule has 2 aliphatic heterocycles. The molecule has 0 aromatic heterocycles. The number of carbonyl (C=O) groups excluding carboxylic acids is 2. The number of carbonyl (C=O) groups is 2. The van der Waals surface area contributed by atoms with Crippen LogP contribution in [-0.2, 0) is 22.6 Å². The van der Waals surface area contributed by atoms with Gasteiger partial charge in [-0.3, -0.25) is 14.5 Å². The van der Waals surface area contributed by atoms with Crippen molar-refractivity contribution in [3.05, 3.63) is 59.2 Å². The average molecular weight is 466 g/mol. The summed E-state index contributed by atoms with van der Waals surface area (Å²) in [5, 5.41) is 5.59. The maximum atomic E-state index is 12.6. The molecule has 0 bridgehead atoms. The highest BCUT2D eigenvalue weighted by Gasteiger charge is 2.27. The summed E-state index contributed by atoms with van der Waals surface area (Å²) in [6.45, 7) is 5.54. The highest BCUT2D eigenvalue weighted by Crippen LogP contribution is 2.31. The Kier molecular flexibility index (Phi) is 7.70. The standard InChI is InChI=1S/C26H35N5O3/c1-29-12-14-31(15-13-29)24(20-6-9-23-21(16-20)10-11-30(23)2)18-28-26(33)25(32)27-17-19-4-7-22(34-3)8-5-19/h4-9,16,24H,10-15,17-18H2,1-3H3,(H,27,32)(H,28,33)/t24-/m0/s1. The molecule has 2 amide bonds. The second-order valence-corrected chi connectivity index (χ2v) is 9.16. The molecule has 182 valence electrons. The Morgan fingerprint density at radius 2 is 1.65 bits per heavy atom. The molecule has 2 aromatic carbocycles. The molecule has 4 rings (SSSR count). The molecule has 2 N–H and O–H groups in total. The van der Waals surface area contributed by atoms with E-state index in [4.69, 9.17) is 4.74 Å². The lowest BCUT2D eigenvalue weighted by atomic mass is 10.00. The van der Waals surface area contributed by atoms with Crippen molar-refractivity contribution in [1.29, 1.82) is 0 Å². The SMILES string of the molecule is COc1ccc(CNC(=O)C(=O)NC[C@@H](c2ccc3c(c2)CCN3C)N2CCN(C)CC2)cc1. The van der Waals surface area contributed by atoms with Crippen LogP contribution in [0.15, 0.2) is 42.5 Å². The van der Waals surface area contributed by atoms with Gasteiger partial charge in [-0.15, -0.1) is 0 Å². The minimum absolute atomic E-state index is 0.0308. The quantitative estimate of drug-likeness (QED) is 0.603. The lowest BCUT2D eigenvalue weighted by molar-refractivity contribution is -0.139. The van der Waals surface area contributed by atoms with Gasteiger partial charge in [-0.25, -0.2) is 0 Å². The topological polar surface area (TPSA) is 77.1 Å². The van der Waals surface area contributed by atoms with Crippen molar-refractivity contribution < 1.29 is 14.3 Å². The molecular formula is C26H35N5O3. The molecule has 8 heteroatoms. The van der Waals surface area contributed by atoms with Gasteiger partial charge in [0.2, 0.25) is 0 Å². The third-order valence-electron chi connectivity index (χ3n) is 6.87. The lowest BCUT2D eigenvalue weighted by Gasteiger charge is -2.38. The first-order chi connectivity index (χ1) is 16.4. The molecule has 0 radical (unpaired) electrons. The Bertz CT molecular complexity index is 1000. The van der Waals surface area contributed by atoms with Gasteiger partial charge in [0.25, 0.3) is 0 Å². The van der Waals surface area contributed by atoms with Crippen molar-refractivity contribution >= 4 is 17.5 Å². The van der Waals surface area contributed by atoms with Crippen LogP contribution in [0.3, 0.4) is 0 Å². The molecule has 0 unspecified atom stereocenters. The van der Waals surface area contributed by atoms with E-state index in [-0.39, 0.29) is 12.6 Å². The van der Waals surface area contributed by atoms with Gasteiger partial charge in [0.05, 0.1) is 13.2 Å². The van der Waals surface area contributed by atoms with E-state index in [1.54, 1.807) is 7.11 Å². The highest BCUT2D eigenvalue weighted by molar-refractivity contribution is 6.35. The van der Waals surface area contributed by atoms with Gasteiger partial charge in [0.1, 0.15) is 5.75 Å². The number of amides is 2. The largest absolute Gasteiger partial charge is 0.497 e. The van der Waals surface area contributed by atoms with Gasteiger partial charge in [0, 0.05) is 58.5 Å². The van der Waals surface area contributed by atoms with Crippen LogP contribution in [0.2, 0.25) is 0 Å². The number of nitrogens with zero attached hydrogens (tertiary/aromatic N) is 3. The number of piperazine rings is 1. The van der Waals surface area contributed by atoms with E-state index in [2.05, 4.69) is 57.6 Å². The molecule has 1 atom stereocenters. The molecule has 0 aliphatic carbocycles. The number of ether oxygens (including phenoxy) is 1. The third-order valence-corrected chi connectivity index (χ3v) is 6.87. The zero-order chi connectivity index (χ0) is 24.1. The Labute approximate surface area is 201 Å². The Morgan fingerprint density at radius 3 is 2.35 bits per heavy atom. The van der Waals surface area contributed by atoms with Crippen molar-refractivity contribution in [3.63, 3.8) is 0 Å². The maximum Gasteiger partial charge on any atom is 0.309 e. The smallest absolute Gasteiger partial charge is 0.309 e. The second kappa shape index (κ2) is 10.9. The number of rotatable bonds is 7. The van der Waals surface area contributed by atoms with Crippen LogP contribution in [0, 0.1) is 0 Å². The fourth-order valence-corrected chi connectivity index (χ4v) is 4.66. The van der Waals surface area contributed by atoms with E-state index in [0.29, 0.717) is 6.54 Å². The number of nitrogens with one attached hydrogen (secondary N) is 2. The number of likely N-dealkylation sites (N-methyl/N-ethyl adjacent to an activating group) is 2. The van der Waals surface area contributed by atoms with Crippen LogP contribution in [0.1, 0.15) is 22.7 Å². The summed E-state index contributed by atoms with van der Waals surface area (Å²) >= 11 is 0. The Hall–Kier alpha value is -3.10. The van der Waals surface area contributed by atoms with Gasteiger partial charge >= 0.3 is 11.8 Å². The van der Waals surface area contributed by atoms with Crippen molar-refractivity contribution in [3.8, 4) is 5.75 Å². The van der Waals surface area contributed by atoms with Gasteiger partial charge in [-0.05, 0) is 48.4 Å². The van der Waals surface area contributed by atoms with E-state index in [1.165, 1.54) is 16.8 Å². The summed E-state index contributed by atoms with van der Waals surface area (Å²) in [4.78, 5) is 32.0. The number of fused-ring (bicyclic) bond motifs is 1. The fourth-order valence-electron chi connectivity index (χ4n) is 4.66. The predicted molar refractivity (Wildman–Crippen MR) is 133 cm³/mol. The van der Waals surface area contributed by atoms with E-state index >= 15 is 0 Å². The number of methoxy groups -OCH3 is 1. The molecule has 1 saturated heterocycles. The van der Waals surface area contributed by atoms with Gasteiger partial charge in [-0.2, -0.15) is 0 Å². The average Bonchev–Trinajstić information content (AvgIpc) is 3.23. The van der Waals surface area contributed by atoms with Crippen molar-refractivity contribution in [2.45, 2.75) is 19.0 Å². The molecule has 1 fully saturated rings. The van der Waals surface area contributed by atoms with E-state index in [0.717, 1.165) is 50.5 Å². The van der Waals surface area contributed by atoms with Crippen molar-refractivity contribution in [1.82, 2.24) is 20.4 Å². The van der Waals surface area contributed by atoms with Crippen molar-refractivity contribution in [2.24, 2.45) is 0 Å². The lowest BCUT2D eigenvalue weighted by Crippen LogP contribution is -2.49. The Morgan fingerprint density at radius 1 is 0.941 bits per heavy atom. The van der Waals surface area contributed by atoms with Crippen LogP contribution < -0.4 is 20.3 Å². The molecule has 2 aliphatic rings. The second-order valence-electron chi connectivity index (χ2n) is 9.16. The van der Waals surface area contributed by atoms with Crippen molar-refractivity contribution in [2.75, 3.05) is 65.4 Å². The molecule has 34 heavy (non-hydrogen) atoms. The molecule has 0 saturated carbocycles. The molecular weight excluding hydrogens is 430 g/mol. The summed E-state index contributed by atoms with van der Waals surface area (Å²) in [6, 6.07) is 14.1. The van der Waals surface area contributed by atoms with E-state index in [9.17, 15) is 9.59 Å². The normalized spacial score (nSPS) is 17.2. The van der Waals surface area contributed by atoms with Gasteiger partial charge < -0.3 is 25.2 Å². The minimum Gasteiger partial charge on any atom is -0.497 e. The van der Waals surface area contributed by atoms with Crippen LogP contribution in [0.5, 0.6) is 5.75 Å². The predicted octanol–water partition coefficient (Wildman–Crippen LogP) is 1.41. The van der Waals surface area contributed by atoms with Gasteiger partial charge in [-0.1, -0.05) is 24.3 Å². The summed E-state index contributed by atoms with van der Waals surface area (Å²) in [5.41, 5.74) is 4.73. The van der Waals surface area contributed by atoms with Crippen LogP contribution >= 0.6 is 0 Å². The summed E-state index contributed by atoms with van der Waals surface area (Å²) in [7, 11) is 5.86. The first-order valence-corrected chi connectivity index (χ1v) is 11.9. The number of anilines is 1. The first-order valence-electron chi connectivity index (χ1n) is 11.9. The molecule has 2 heterocycles. The van der Waals surface area contributed by atoms with Crippen LogP contribution in [0.25, 0.3) is 0 Å². The Balaban J connectivity index is 1.38. The third kappa shape index (κ3) is 5.69. The highest BCUT2D eigenvalue weighted by atomic mass is 16.5. The molecule has 2 aromatic rings. The van der Waals surface area contributed by atoms with E-state index < -0.39 is 11.8 Å². The zero-order valence-electron chi connectivity index (χ0n) is 20.3. The monoisotopic (exact) mass is 465 g/mol.